The summed E-state index contributed by atoms with van der Waals surface area (Å²) in [6.07, 6.45) is 2.25. The normalized spacial score (nSPS) is 16.0. The number of rotatable bonds is 4. The Morgan fingerprint density at radius 1 is 0.519 bits per heavy atom. The van der Waals surface area contributed by atoms with E-state index in [1.54, 1.807) is 0 Å². The molecule has 7 aromatic rings. The van der Waals surface area contributed by atoms with Crippen LogP contribution in [0.4, 0.5) is 0 Å². The molecule has 52 heavy (non-hydrogen) atoms. The topological polar surface area (TPSA) is 33.6 Å². The summed E-state index contributed by atoms with van der Waals surface area (Å²) >= 11 is 0. The lowest BCUT2D eigenvalue weighted by Crippen LogP contribution is -2.34. The maximum Gasteiger partial charge on any atom is 0.143 e. The molecule has 2 aliphatic heterocycles. The standard InChI is InChI=1S/C49H36N2O/c1-31-15-6-7-18-35(31)36-28-27-34(29-32(36)2)45-30-44(33-16-4-3-5-17-33)50-48(51-45)39-21-14-25-43-47(39)52-46-26-13-12-24-42(46)49(43)40-22-10-8-19-37(40)38-20-9-11-23-41(38)49/h3-30,44H,1-2H3,(H,50,51). The fourth-order valence-electron chi connectivity index (χ4n) is 8.74. The zero-order valence-corrected chi connectivity index (χ0v) is 29.1. The molecule has 2 heterocycles. The van der Waals surface area contributed by atoms with Crippen LogP contribution in [0.3, 0.4) is 0 Å². The van der Waals surface area contributed by atoms with Crippen LogP contribution in [0.2, 0.25) is 0 Å². The fourth-order valence-corrected chi connectivity index (χ4v) is 8.74. The molecule has 0 amide bonds. The van der Waals surface area contributed by atoms with Gasteiger partial charge in [-0.05, 0) is 93.8 Å². The van der Waals surface area contributed by atoms with E-state index in [1.807, 2.05) is 0 Å². The van der Waals surface area contributed by atoms with Gasteiger partial charge < -0.3 is 10.1 Å². The van der Waals surface area contributed by atoms with Gasteiger partial charge in [0, 0.05) is 16.8 Å². The molecule has 1 unspecified atom stereocenters. The minimum absolute atomic E-state index is 0.183. The number of benzene rings is 7. The molecule has 0 fully saturated rings. The predicted octanol–water partition coefficient (Wildman–Crippen LogP) is 11.6. The first-order chi connectivity index (χ1) is 25.6. The Balaban J connectivity index is 1.15. The number of nitrogens with zero attached hydrogens (tertiary/aromatic N) is 1. The minimum atomic E-state index is -0.539. The number of ether oxygens (including phenoxy) is 1. The van der Waals surface area contributed by atoms with Crippen LogP contribution in [-0.2, 0) is 5.41 Å². The van der Waals surface area contributed by atoms with E-state index in [-0.39, 0.29) is 6.04 Å². The summed E-state index contributed by atoms with van der Waals surface area (Å²) in [5.74, 6) is 2.49. The summed E-state index contributed by atoms with van der Waals surface area (Å²) in [6.45, 7) is 4.38. The molecule has 1 N–H and O–H groups in total. The zero-order chi connectivity index (χ0) is 34.8. The fraction of sp³-hybridized carbons (Fsp3) is 0.0816. The van der Waals surface area contributed by atoms with Crippen molar-refractivity contribution in [1.29, 1.82) is 0 Å². The molecular formula is C49H36N2O. The number of nitrogens with one attached hydrogen (secondary N) is 1. The molecule has 0 radical (unpaired) electrons. The van der Waals surface area contributed by atoms with Crippen molar-refractivity contribution in [2.75, 3.05) is 0 Å². The van der Waals surface area contributed by atoms with Crippen LogP contribution >= 0.6 is 0 Å². The van der Waals surface area contributed by atoms with Gasteiger partial charge in [0.2, 0.25) is 0 Å². The first-order valence-corrected chi connectivity index (χ1v) is 18.0. The molecule has 0 saturated carbocycles. The SMILES string of the molecule is Cc1ccccc1-c1ccc(C2=CC(c3ccccc3)N=C(c3cccc4c3Oc3ccccc3C43c4ccccc4-c4ccccc43)N2)cc1C. The van der Waals surface area contributed by atoms with Gasteiger partial charge in [-0.2, -0.15) is 0 Å². The van der Waals surface area contributed by atoms with E-state index in [4.69, 9.17) is 9.73 Å². The summed E-state index contributed by atoms with van der Waals surface area (Å²) in [5, 5.41) is 3.81. The highest BCUT2D eigenvalue weighted by atomic mass is 16.5. The maximum atomic E-state index is 7.02. The molecule has 1 atom stereocenters. The van der Waals surface area contributed by atoms with E-state index in [0.717, 1.165) is 50.8 Å². The monoisotopic (exact) mass is 668 g/mol. The van der Waals surface area contributed by atoms with Gasteiger partial charge in [-0.1, -0.05) is 146 Å². The predicted molar refractivity (Wildman–Crippen MR) is 212 cm³/mol. The number of para-hydroxylation sites is 2. The Morgan fingerprint density at radius 2 is 1.12 bits per heavy atom. The second-order valence-electron chi connectivity index (χ2n) is 14.0. The quantitative estimate of drug-likeness (QED) is 0.202. The summed E-state index contributed by atoms with van der Waals surface area (Å²) in [5.41, 5.74) is 16.0. The van der Waals surface area contributed by atoms with Crippen LogP contribution in [-0.4, -0.2) is 5.84 Å². The molecule has 7 aromatic carbocycles. The van der Waals surface area contributed by atoms with Crippen LogP contribution in [0.5, 0.6) is 11.5 Å². The molecule has 3 nitrogen and oxygen atoms in total. The largest absolute Gasteiger partial charge is 0.456 e. The van der Waals surface area contributed by atoms with Crippen molar-refractivity contribution in [2.24, 2.45) is 4.99 Å². The van der Waals surface area contributed by atoms with Crippen molar-refractivity contribution in [1.82, 2.24) is 5.32 Å². The van der Waals surface area contributed by atoms with E-state index < -0.39 is 5.41 Å². The Hall–Kier alpha value is -6.45. The van der Waals surface area contributed by atoms with Crippen LogP contribution in [0, 0.1) is 13.8 Å². The molecule has 1 spiro atoms. The van der Waals surface area contributed by atoms with Crippen molar-refractivity contribution in [2.45, 2.75) is 25.3 Å². The van der Waals surface area contributed by atoms with Gasteiger partial charge in [0.25, 0.3) is 0 Å². The maximum absolute atomic E-state index is 7.02. The Kier molecular flexibility index (Phi) is 6.91. The number of amidine groups is 1. The molecule has 1 aliphatic carbocycles. The van der Waals surface area contributed by atoms with Gasteiger partial charge in [-0.3, -0.25) is 4.99 Å². The van der Waals surface area contributed by atoms with Gasteiger partial charge in [-0.25, -0.2) is 0 Å². The van der Waals surface area contributed by atoms with Gasteiger partial charge >= 0.3 is 0 Å². The smallest absolute Gasteiger partial charge is 0.143 e. The molecule has 10 rings (SSSR count). The average Bonchev–Trinajstić information content (AvgIpc) is 3.49. The van der Waals surface area contributed by atoms with Crippen LogP contribution in [0.25, 0.3) is 28.0 Å². The van der Waals surface area contributed by atoms with Gasteiger partial charge in [0.1, 0.15) is 17.3 Å². The highest BCUT2D eigenvalue weighted by molar-refractivity contribution is 6.08. The summed E-state index contributed by atoms with van der Waals surface area (Å²) < 4.78 is 7.02. The highest BCUT2D eigenvalue weighted by Crippen LogP contribution is 2.62. The molecule has 0 aromatic heterocycles. The Labute approximate surface area is 304 Å². The van der Waals surface area contributed by atoms with E-state index in [0.29, 0.717) is 0 Å². The number of aryl methyl sites for hydroxylation is 2. The number of fused-ring (bicyclic) bond motifs is 9. The molecule has 0 saturated heterocycles. The zero-order valence-electron chi connectivity index (χ0n) is 29.1. The van der Waals surface area contributed by atoms with Crippen molar-refractivity contribution in [3.63, 3.8) is 0 Å². The first-order valence-electron chi connectivity index (χ1n) is 18.0. The third kappa shape index (κ3) is 4.49. The Morgan fingerprint density at radius 3 is 1.85 bits per heavy atom. The van der Waals surface area contributed by atoms with Crippen molar-refractivity contribution < 1.29 is 4.74 Å². The van der Waals surface area contributed by atoms with Crippen LogP contribution in [0.1, 0.15) is 56.1 Å². The Bertz CT molecular complexity index is 2570. The lowest BCUT2D eigenvalue weighted by molar-refractivity contribution is 0.435. The number of hydrogen-bond donors (Lipinski definition) is 1. The van der Waals surface area contributed by atoms with E-state index in [1.165, 1.54) is 44.5 Å². The first kappa shape index (κ1) is 30.4. The summed E-state index contributed by atoms with van der Waals surface area (Å²) in [4.78, 5) is 5.41. The molecule has 3 heteroatoms. The molecular weight excluding hydrogens is 633 g/mol. The third-order valence-electron chi connectivity index (χ3n) is 11.1. The van der Waals surface area contributed by atoms with E-state index in [9.17, 15) is 0 Å². The second kappa shape index (κ2) is 11.8. The lowest BCUT2D eigenvalue weighted by Gasteiger charge is -2.40. The number of aliphatic imine (C=N–C) groups is 1. The lowest BCUT2D eigenvalue weighted by atomic mass is 9.66. The van der Waals surface area contributed by atoms with Crippen molar-refractivity contribution >= 4 is 11.5 Å². The van der Waals surface area contributed by atoms with Crippen LogP contribution in [0.15, 0.2) is 175 Å². The number of hydrogen-bond acceptors (Lipinski definition) is 3. The van der Waals surface area contributed by atoms with Gasteiger partial charge in [-0.15, -0.1) is 0 Å². The van der Waals surface area contributed by atoms with Crippen LogP contribution < -0.4 is 10.1 Å². The van der Waals surface area contributed by atoms with Crippen molar-refractivity contribution in [3.8, 4) is 33.8 Å². The van der Waals surface area contributed by atoms with E-state index >= 15 is 0 Å². The summed E-state index contributed by atoms with van der Waals surface area (Å²) in [7, 11) is 0. The van der Waals surface area contributed by atoms with Crippen molar-refractivity contribution in [3.05, 3.63) is 220 Å². The molecule has 248 valence electrons. The van der Waals surface area contributed by atoms with Gasteiger partial charge in [0.05, 0.1) is 17.0 Å². The average molecular weight is 669 g/mol. The molecule has 3 aliphatic rings. The molecule has 0 bridgehead atoms. The minimum Gasteiger partial charge on any atom is -0.456 e. The highest BCUT2D eigenvalue weighted by Gasteiger charge is 2.51. The summed E-state index contributed by atoms with van der Waals surface area (Å²) in [6, 6.07) is 58.5. The second-order valence-corrected chi connectivity index (χ2v) is 14.0. The van der Waals surface area contributed by atoms with Gasteiger partial charge in [0.15, 0.2) is 0 Å². The third-order valence-corrected chi connectivity index (χ3v) is 11.1. The van der Waals surface area contributed by atoms with E-state index in [2.05, 4.69) is 189 Å².